The van der Waals surface area contributed by atoms with Gasteiger partial charge < -0.3 is 28.4 Å². The lowest BCUT2D eigenvalue weighted by Gasteiger charge is -2.24. The van der Waals surface area contributed by atoms with Crippen molar-refractivity contribution in [3.8, 4) is 0 Å². The predicted molar refractivity (Wildman–Crippen MR) is 243 cm³/mol. The SMILES string of the molecule is CCCCC/C=C\C=C/[C@@H](O)C/C=C\C/C=C/CCCC(=O)OC[C@H](COP(=O)(O)OCC[N+](C)(C)C)OC(=O)CCCCCCCCCCc1oc(CCC)c(C)c1C. The molecule has 0 aliphatic carbocycles. The molecule has 12 heteroatoms. The molecule has 2 N–H and O–H groups in total. The Bertz CT molecular complexity index is 1460. The van der Waals surface area contributed by atoms with Gasteiger partial charge in [0.1, 0.15) is 31.3 Å². The van der Waals surface area contributed by atoms with Crippen LogP contribution in [0.4, 0.5) is 0 Å². The topological polar surface area (TPSA) is 142 Å². The number of ether oxygens (including phenoxy) is 2. The molecule has 344 valence electrons. The molecule has 1 rings (SSSR count). The zero-order chi connectivity index (χ0) is 44.5. The smallest absolute Gasteiger partial charge is 0.466 e. The Morgan fingerprint density at radius 2 is 1.35 bits per heavy atom. The van der Waals surface area contributed by atoms with Crippen molar-refractivity contribution in [2.45, 2.75) is 175 Å². The first-order chi connectivity index (χ1) is 28.7. The summed E-state index contributed by atoms with van der Waals surface area (Å²) in [6.45, 7) is 8.44. The standard InChI is InChI=1S/C48H82NO10P/c1-8-10-11-12-16-21-26-32-43(50)33-27-22-17-15-20-24-29-35-47(51)55-39-44(40-57-60(53,54)56-38-37-49(5,6)7)58-48(52)36-30-25-19-14-13-18-23-28-34-46-42(4)41(3)45(59-46)31-9-2/h15-16,20-22,26-27,32,43-44,50H,8-14,17-19,23-25,28-31,33-40H2,1-7H3/p+1/b20-15+,21-16-,27-22-,32-26-/t43-,44-/m1/s1. The maximum atomic E-state index is 12.8. The van der Waals surface area contributed by atoms with Gasteiger partial charge in [0.2, 0.25) is 0 Å². The highest BCUT2D eigenvalue weighted by atomic mass is 31.2. The molecule has 0 radical (unpaired) electrons. The summed E-state index contributed by atoms with van der Waals surface area (Å²) in [4.78, 5) is 35.5. The third-order valence-corrected chi connectivity index (χ3v) is 11.1. The van der Waals surface area contributed by atoms with Gasteiger partial charge in [0.15, 0.2) is 6.10 Å². The summed E-state index contributed by atoms with van der Waals surface area (Å²) in [5.74, 6) is 1.35. The van der Waals surface area contributed by atoms with Gasteiger partial charge >= 0.3 is 19.8 Å². The normalized spacial score (nSPS) is 14.5. The number of furan rings is 1. The first kappa shape index (κ1) is 55.2. The minimum atomic E-state index is -4.42. The van der Waals surface area contributed by atoms with Crippen LogP contribution in [0.15, 0.2) is 53.0 Å². The number of hydrogen-bond donors (Lipinski definition) is 2. The second kappa shape index (κ2) is 33.8. The number of quaternary nitrogens is 1. The van der Waals surface area contributed by atoms with Gasteiger partial charge in [-0.2, -0.15) is 0 Å². The van der Waals surface area contributed by atoms with Crippen LogP contribution in [0.3, 0.4) is 0 Å². The lowest BCUT2D eigenvalue weighted by atomic mass is 10.0. The van der Waals surface area contributed by atoms with Crippen LogP contribution in [-0.4, -0.2) is 86.1 Å². The Balaban J connectivity index is 2.40. The molecule has 0 saturated carbocycles. The second-order valence-electron chi connectivity index (χ2n) is 16.9. The van der Waals surface area contributed by atoms with E-state index in [1.165, 1.54) is 43.2 Å². The van der Waals surface area contributed by atoms with E-state index < -0.39 is 38.6 Å². The molecule has 0 aliphatic rings. The van der Waals surface area contributed by atoms with Crippen LogP contribution in [0.2, 0.25) is 0 Å². The zero-order valence-corrected chi connectivity index (χ0v) is 39.4. The van der Waals surface area contributed by atoms with Crippen LogP contribution < -0.4 is 0 Å². The van der Waals surface area contributed by atoms with E-state index in [9.17, 15) is 24.2 Å². The van der Waals surface area contributed by atoms with Crippen LogP contribution in [-0.2, 0) is 45.5 Å². The Morgan fingerprint density at radius 3 is 2.03 bits per heavy atom. The first-order valence-corrected chi connectivity index (χ1v) is 24.3. The summed E-state index contributed by atoms with van der Waals surface area (Å²) in [7, 11) is 1.38. The number of unbranched alkanes of at least 4 members (excludes halogenated alkanes) is 11. The number of likely N-dealkylation sites (N-methyl/N-ethyl adjacent to an activating group) is 1. The second-order valence-corrected chi connectivity index (χ2v) is 18.3. The molecule has 0 amide bonds. The molecule has 1 unspecified atom stereocenters. The molecule has 0 saturated heterocycles. The van der Waals surface area contributed by atoms with E-state index in [2.05, 4.69) is 33.8 Å². The molecular formula is C48H83NO10P+. The van der Waals surface area contributed by atoms with E-state index in [4.69, 9.17) is 22.9 Å². The molecule has 1 aromatic rings. The first-order valence-electron chi connectivity index (χ1n) is 22.8. The third kappa shape index (κ3) is 30.3. The third-order valence-electron chi connectivity index (χ3n) is 10.1. The summed E-state index contributed by atoms with van der Waals surface area (Å²) in [5.41, 5.74) is 2.61. The van der Waals surface area contributed by atoms with Gasteiger partial charge in [-0.25, -0.2) is 4.57 Å². The monoisotopic (exact) mass is 865 g/mol. The maximum Gasteiger partial charge on any atom is 0.472 e. The van der Waals surface area contributed by atoms with Gasteiger partial charge in [-0.15, -0.1) is 0 Å². The fourth-order valence-corrected chi connectivity index (χ4v) is 6.99. The number of phosphoric ester groups is 1. The predicted octanol–water partition coefficient (Wildman–Crippen LogP) is 11.3. The van der Waals surface area contributed by atoms with Gasteiger partial charge in [-0.05, 0) is 82.8 Å². The molecule has 0 fully saturated rings. The van der Waals surface area contributed by atoms with Crippen molar-refractivity contribution in [1.82, 2.24) is 0 Å². The number of phosphoric acid groups is 1. The van der Waals surface area contributed by atoms with Gasteiger partial charge in [-0.3, -0.25) is 18.6 Å². The van der Waals surface area contributed by atoms with Gasteiger partial charge in [-0.1, -0.05) is 114 Å². The average molecular weight is 865 g/mol. The number of allylic oxidation sites excluding steroid dienone is 6. The summed E-state index contributed by atoms with van der Waals surface area (Å²) >= 11 is 0. The Kier molecular flexibility index (Phi) is 31.1. The summed E-state index contributed by atoms with van der Waals surface area (Å²) in [5, 5.41) is 10.1. The van der Waals surface area contributed by atoms with E-state index in [0.29, 0.717) is 36.7 Å². The Morgan fingerprint density at radius 1 is 0.717 bits per heavy atom. The average Bonchev–Trinajstić information content (AvgIpc) is 3.45. The van der Waals surface area contributed by atoms with E-state index in [-0.39, 0.29) is 26.1 Å². The number of carbonyl (C=O) groups is 2. The zero-order valence-electron chi connectivity index (χ0n) is 38.5. The van der Waals surface area contributed by atoms with Crippen molar-refractivity contribution in [3.05, 3.63) is 71.3 Å². The van der Waals surface area contributed by atoms with Crippen molar-refractivity contribution in [2.24, 2.45) is 0 Å². The number of rotatable bonds is 37. The van der Waals surface area contributed by atoms with Crippen LogP contribution in [0.25, 0.3) is 0 Å². The van der Waals surface area contributed by atoms with E-state index in [1.807, 2.05) is 57.6 Å². The number of aliphatic hydroxyl groups excluding tert-OH is 1. The van der Waals surface area contributed by atoms with Gasteiger partial charge in [0.05, 0.1) is 33.9 Å². The minimum Gasteiger partial charge on any atom is -0.466 e. The fraction of sp³-hybridized carbons (Fsp3) is 0.708. The number of hydrogen-bond acceptors (Lipinski definition) is 9. The highest BCUT2D eigenvalue weighted by Crippen LogP contribution is 2.43. The molecule has 0 aromatic carbocycles. The van der Waals surface area contributed by atoms with Crippen molar-refractivity contribution in [3.63, 3.8) is 0 Å². The van der Waals surface area contributed by atoms with Crippen LogP contribution in [0.1, 0.15) is 158 Å². The maximum absolute atomic E-state index is 12.8. The highest BCUT2D eigenvalue weighted by molar-refractivity contribution is 7.47. The van der Waals surface area contributed by atoms with Crippen LogP contribution in [0.5, 0.6) is 0 Å². The molecule has 0 spiro atoms. The van der Waals surface area contributed by atoms with Crippen molar-refractivity contribution in [1.29, 1.82) is 0 Å². The van der Waals surface area contributed by atoms with Crippen LogP contribution >= 0.6 is 7.82 Å². The van der Waals surface area contributed by atoms with E-state index >= 15 is 0 Å². The number of aliphatic hydroxyl groups is 1. The number of nitrogens with zero attached hydrogens (tertiary/aromatic N) is 1. The van der Waals surface area contributed by atoms with E-state index in [0.717, 1.165) is 75.7 Å². The van der Waals surface area contributed by atoms with Gasteiger partial charge in [0.25, 0.3) is 0 Å². The molecule has 0 aliphatic heterocycles. The molecule has 1 heterocycles. The lowest BCUT2D eigenvalue weighted by molar-refractivity contribution is -0.870. The Labute approximate surface area is 363 Å². The number of carbonyl (C=O) groups excluding carboxylic acids is 2. The summed E-state index contributed by atoms with van der Waals surface area (Å²) in [6, 6.07) is 0. The molecular weight excluding hydrogens is 781 g/mol. The Hall–Kier alpha value is -2.79. The lowest BCUT2D eigenvalue weighted by Crippen LogP contribution is -2.37. The number of aryl methyl sites for hydroxylation is 2. The van der Waals surface area contributed by atoms with Crippen LogP contribution in [0, 0.1) is 13.8 Å². The molecule has 3 atom stereocenters. The summed E-state index contributed by atoms with van der Waals surface area (Å²) < 4.78 is 40.4. The van der Waals surface area contributed by atoms with Crippen molar-refractivity contribution >= 4 is 19.8 Å². The molecule has 11 nitrogen and oxygen atoms in total. The highest BCUT2D eigenvalue weighted by Gasteiger charge is 2.27. The molecule has 0 bridgehead atoms. The largest absolute Gasteiger partial charge is 0.472 e. The quantitative estimate of drug-likeness (QED) is 0.0166. The van der Waals surface area contributed by atoms with Crippen molar-refractivity contribution in [2.75, 3.05) is 47.5 Å². The minimum absolute atomic E-state index is 0.00376. The van der Waals surface area contributed by atoms with Crippen molar-refractivity contribution < 1.29 is 51.6 Å². The summed E-state index contributed by atoms with van der Waals surface area (Å²) in [6.07, 6.45) is 33.2. The van der Waals surface area contributed by atoms with E-state index in [1.54, 1.807) is 6.08 Å². The molecule has 1 aromatic heterocycles. The molecule has 60 heavy (non-hydrogen) atoms. The number of esters is 2. The van der Waals surface area contributed by atoms with Gasteiger partial charge in [0, 0.05) is 25.7 Å². The fourth-order valence-electron chi connectivity index (χ4n) is 6.25.